The van der Waals surface area contributed by atoms with Gasteiger partial charge in [0.15, 0.2) is 0 Å². The number of rotatable bonds is 7. The lowest BCUT2D eigenvalue weighted by molar-refractivity contribution is -0.170. The summed E-state index contributed by atoms with van der Waals surface area (Å²) >= 11 is 0. The Labute approximate surface area is 180 Å². The maximum atomic E-state index is 12.9. The molecule has 28 heavy (non-hydrogen) atoms. The highest BCUT2D eigenvalue weighted by Gasteiger charge is 2.62. The summed E-state index contributed by atoms with van der Waals surface area (Å²) in [6.45, 7) is 11.2. The van der Waals surface area contributed by atoms with E-state index in [0.29, 0.717) is 19.6 Å². The van der Waals surface area contributed by atoms with Crippen molar-refractivity contribution < 1.29 is 13.9 Å². The molecule has 2 heterocycles. The number of nitrogens with zero attached hydrogens (tertiary/aromatic N) is 1. The zero-order chi connectivity index (χ0) is 18.9. The van der Waals surface area contributed by atoms with Gasteiger partial charge in [0.1, 0.15) is 17.1 Å². The Morgan fingerprint density at radius 3 is 2.50 bits per heavy atom. The molecule has 0 radical (unpaired) electrons. The fourth-order valence-corrected chi connectivity index (χ4v) is 4.26. The molecular formula is C20H35Cl2N3O3. The van der Waals surface area contributed by atoms with Crippen molar-refractivity contribution in [2.45, 2.75) is 64.6 Å². The second kappa shape index (κ2) is 9.81. The van der Waals surface area contributed by atoms with E-state index in [1.165, 1.54) is 12.8 Å². The summed E-state index contributed by atoms with van der Waals surface area (Å²) in [6, 6.07) is 4.05. The lowest BCUT2D eigenvalue weighted by Crippen LogP contribution is -2.76. The van der Waals surface area contributed by atoms with E-state index >= 15 is 0 Å². The standard InChI is InChI=1S/C20H33N3O3.2ClH/c1-5-25-17-12-20(21,19(17,3)4)18(24)22-13-15(23-10-6-7-11-23)16-9-8-14(2)26-16;;/h8-9,15,17H,5-7,10-13,21H2,1-4H3,(H,22,24);2*1H. The fourth-order valence-electron chi connectivity index (χ4n) is 4.26. The molecule has 0 bridgehead atoms. The van der Waals surface area contributed by atoms with Gasteiger partial charge < -0.3 is 20.2 Å². The number of ether oxygens (including phenoxy) is 1. The van der Waals surface area contributed by atoms with Crippen molar-refractivity contribution >= 4 is 30.7 Å². The van der Waals surface area contributed by atoms with E-state index in [9.17, 15) is 4.79 Å². The van der Waals surface area contributed by atoms with Crippen LogP contribution in [-0.4, -0.2) is 48.7 Å². The molecule has 1 aromatic rings. The van der Waals surface area contributed by atoms with Gasteiger partial charge in [-0.2, -0.15) is 0 Å². The number of hydrogen-bond acceptors (Lipinski definition) is 5. The lowest BCUT2D eigenvalue weighted by Gasteiger charge is -2.57. The first kappa shape index (κ1) is 25.2. The van der Waals surface area contributed by atoms with Gasteiger partial charge in [-0.25, -0.2) is 0 Å². The van der Waals surface area contributed by atoms with Crippen molar-refractivity contribution in [3.05, 3.63) is 23.7 Å². The van der Waals surface area contributed by atoms with Gasteiger partial charge in [0.05, 0.1) is 12.1 Å². The smallest absolute Gasteiger partial charge is 0.240 e. The molecule has 3 unspecified atom stereocenters. The van der Waals surface area contributed by atoms with Crippen LogP contribution >= 0.6 is 24.8 Å². The summed E-state index contributed by atoms with van der Waals surface area (Å²) in [7, 11) is 0. The van der Waals surface area contributed by atoms with Crippen LogP contribution in [0.25, 0.3) is 0 Å². The van der Waals surface area contributed by atoms with Crippen LogP contribution in [0.1, 0.15) is 57.6 Å². The molecule has 0 aromatic carbocycles. The molecule has 0 spiro atoms. The van der Waals surface area contributed by atoms with E-state index < -0.39 is 5.54 Å². The highest BCUT2D eigenvalue weighted by molar-refractivity contribution is 5.88. The Balaban J connectivity index is 0.00000196. The number of furan rings is 1. The number of likely N-dealkylation sites (tertiary alicyclic amines) is 1. The van der Waals surface area contributed by atoms with Crippen LogP contribution < -0.4 is 11.1 Å². The van der Waals surface area contributed by atoms with Crippen LogP contribution in [0.15, 0.2) is 16.5 Å². The molecule has 2 aliphatic rings. The Morgan fingerprint density at radius 2 is 2.00 bits per heavy atom. The average Bonchev–Trinajstić information content (AvgIpc) is 3.27. The van der Waals surface area contributed by atoms with Gasteiger partial charge in [-0.3, -0.25) is 9.69 Å². The SMILES string of the molecule is CCOC1CC(N)(C(=O)NCC(c2ccc(C)o2)N2CCCC2)C1(C)C.Cl.Cl. The number of nitrogens with two attached hydrogens (primary N) is 1. The fraction of sp³-hybridized carbons (Fsp3) is 0.750. The number of aryl methyl sites for hydroxylation is 1. The summed E-state index contributed by atoms with van der Waals surface area (Å²) in [6.07, 6.45) is 2.97. The number of halogens is 2. The van der Waals surface area contributed by atoms with E-state index in [1.54, 1.807) is 0 Å². The van der Waals surface area contributed by atoms with Crippen LogP contribution in [0.5, 0.6) is 0 Å². The second-order valence-electron chi connectivity index (χ2n) is 8.26. The van der Waals surface area contributed by atoms with Gasteiger partial charge in [0.2, 0.25) is 5.91 Å². The van der Waals surface area contributed by atoms with Crippen molar-refractivity contribution in [1.29, 1.82) is 0 Å². The third-order valence-corrected chi connectivity index (χ3v) is 6.36. The zero-order valence-corrected chi connectivity index (χ0v) is 19.0. The van der Waals surface area contributed by atoms with E-state index in [0.717, 1.165) is 24.6 Å². The summed E-state index contributed by atoms with van der Waals surface area (Å²) in [5, 5.41) is 3.11. The maximum absolute atomic E-state index is 12.9. The van der Waals surface area contributed by atoms with E-state index in [1.807, 2.05) is 39.8 Å². The molecule has 3 N–H and O–H groups in total. The van der Waals surface area contributed by atoms with E-state index in [-0.39, 0.29) is 48.3 Å². The average molecular weight is 436 g/mol. The highest BCUT2D eigenvalue weighted by Crippen LogP contribution is 2.49. The van der Waals surface area contributed by atoms with Crippen molar-refractivity contribution in [3.8, 4) is 0 Å². The third-order valence-electron chi connectivity index (χ3n) is 6.36. The number of carbonyl (C=O) groups excluding carboxylic acids is 1. The molecule has 162 valence electrons. The number of nitrogens with one attached hydrogen (secondary N) is 1. The molecule has 1 saturated heterocycles. The molecule has 3 atom stereocenters. The Morgan fingerprint density at radius 1 is 1.36 bits per heavy atom. The van der Waals surface area contributed by atoms with Crippen LogP contribution in [0.2, 0.25) is 0 Å². The van der Waals surface area contributed by atoms with Gasteiger partial charge in [0.25, 0.3) is 0 Å². The van der Waals surface area contributed by atoms with E-state index in [4.69, 9.17) is 14.9 Å². The number of carbonyl (C=O) groups is 1. The Hall–Kier alpha value is -0.790. The minimum Gasteiger partial charge on any atom is -0.465 e. The van der Waals surface area contributed by atoms with Crippen LogP contribution in [-0.2, 0) is 9.53 Å². The minimum atomic E-state index is -0.887. The molecule has 1 aromatic heterocycles. The monoisotopic (exact) mass is 435 g/mol. The first-order valence-corrected chi connectivity index (χ1v) is 9.78. The molecule has 6 nitrogen and oxygen atoms in total. The molecular weight excluding hydrogens is 401 g/mol. The van der Waals surface area contributed by atoms with Crippen LogP contribution in [0, 0.1) is 12.3 Å². The first-order chi connectivity index (χ1) is 12.3. The second-order valence-corrected chi connectivity index (χ2v) is 8.26. The molecule has 8 heteroatoms. The van der Waals surface area contributed by atoms with Crippen molar-refractivity contribution in [1.82, 2.24) is 10.2 Å². The molecule has 1 aliphatic carbocycles. The summed E-state index contributed by atoms with van der Waals surface area (Å²) < 4.78 is 11.6. The number of hydrogen-bond donors (Lipinski definition) is 2. The number of amides is 1. The highest BCUT2D eigenvalue weighted by atomic mass is 35.5. The predicted molar refractivity (Wildman–Crippen MR) is 115 cm³/mol. The van der Waals surface area contributed by atoms with Gasteiger partial charge in [-0.1, -0.05) is 13.8 Å². The third kappa shape index (κ3) is 4.51. The zero-order valence-electron chi connectivity index (χ0n) is 17.3. The maximum Gasteiger partial charge on any atom is 0.240 e. The van der Waals surface area contributed by atoms with Gasteiger partial charge >= 0.3 is 0 Å². The Kier molecular flexibility index (Phi) is 8.84. The molecule has 1 saturated carbocycles. The van der Waals surface area contributed by atoms with Gasteiger partial charge in [-0.05, 0) is 51.9 Å². The summed E-state index contributed by atoms with van der Waals surface area (Å²) in [4.78, 5) is 15.3. The molecule has 1 amide bonds. The van der Waals surface area contributed by atoms with E-state index in [2.05, 4.69) is 10.2 Å². The molecule has 2 fully saturated rings. The van der Waals surface area contributed by atoms with Crippen molar-refractivity contribution in [3.63, 3.8) is 0 Å². The summed E-state index contributed by atoms with van der Waals surface area (Å²) in [5.74, 6) is 1.72. The quantitative estimate of drug-likeness (QED) is 0.686. The lowest BCUT2D eigenvalue weighted by atomic mass is 9.54. The predicted octanol–water partition coefficient (Wildman–Crippen LogP) is 3.22. The van der Waals surface area contributed by atoms with Gasteiger partial charge in [0, 0.05) is 25.0 Å². The normalized spacial score (nSPS) is 27.2. The minimum absolute atomic E-state index is 0. The van der Waals surface area contributed by atoms with Gasteiger partial charge in [-0.15, -0.1) is 24.8 Å². The van der Waals surface area contributed by atoms with Crippen molar-refractivity contribution in [2.24, 2.45) is 11.1 Å². The van der Waals surface area contributed by atoms with Crippen LogP contribution in [0.3, 0.4) is 0 Å². The van der Waals surface area contributed by atoms with Crippen LogP contribution in [0.4, 0.5) is 0 Å². The summed E-state index contributed by atoms with van der Waals surface area (Å²) in [5.41, 5.74) is 5.23. The first-order valence-electron chi connectivity index (χ1n) is 9.78. The largest absolute Gasteiger partial charge is 0.465 e. The van der Waals surface area contributed by atoms with Crippen molar-refractivity contribution in [2.75, 3.05) is 26.2 Å². The Bertz CT molecular complexity index is 646. The topological polar surface area (TPSA) is 80.7 Å². The molecule has 3 rings (SSSR count). The molecule has 1 aliphatic heterocycles.